The van der Waals surface area contributed by atoms with Crippen molar-refractivity contribution < 1.29 is 9.53 Å². The predicted molar refractivity (Wildman–Crippen MR) is 108 cm³/mol. The van der Waals surface area contributed by atoms with Gasteiger partial charge >= 0.3 is 5.69 Å². The Morgan fingerprint density at radius 1 is 1.21 bits per heavy atom. The maximum atomic E-state index is 12.6. The van der Waals surface area contributed by atoms with Crippen molar-refractivity contribution in [1.82, 2.24) is 14.8 Å². The van der Waals surface area contributed by atoms with Gasteiger partial charge in [-0.2, -0.15) is 10.1 Å². The highest BCUT2D eigenvalue weighted by molar-refractivity contribution is 6.31. The minimum Gasteiger partial charge on any atom is -0.497 e. The molecular weight excluding hydrogens is 380 g/mol. The molecule has 144 valence electrons. The fourth-order valence-electron chi connectivity index (χ4n) is 2.61. The van der Waals surface area contributed by atoms with Gasteiger partial charge in [0.1, 0.15) is 11.8 Å². The quantitative estimate of drug-likeness (QED) is 0.711. The van der Waals surface area contributed by atoms with Crippen molar-refractivity contribution >= 4 is 23.2 Å². The van der Waals surface area contributed by atoms with Crippen LogP contribution in [0.15, 0.2) is 53.5 Å². The molecule has 28 heavy (non-hydrogen) atoms. The lowest BCUT2D eigenvalue weighted by Gasteiger charge is -2.15. The second kappa shape index (κ2) is 8.22. The van der Waals surface area contributed by atoms with Crippen molar-refractivity contribution in [2.24, 2.45) is 0 Å². The van der Waals surface area contributed by atoms with Gasteiger partial charge in [-0.05, 0) is 55.8 Å². The summed E-state index contributed by atoms with van der Waals surface area (Å²) in [6.07, 6.45) is 1.46. The minimum absolute atomic E-state index is 0.390. The molecule has 8 heteroatoms. The van der Waals surface area contributed by atoms with Gasteiger partial charge < -0.3 is 10.1 Å². The molecule has 1 heterocycles. The molecule has 0 spiro atoms. The molecule has 0 unspecified atom stereocenters. The van der Waals surface area contributed by atoms with E-state index in [9.17, 15) is 9.59 Å². The second-order valence-corrected chi connectivity index (χ2v) is 6.58. The van der Waals surface area contributed by atoms with Crippen LogP contribution in [0.1, 0.15) is 18.5 Å². The van der Waals surface area contributed by atoms with E-state index in [1.807, 2.05) is 0 Å². The number of carbonyl (C=O) groups excluding carboxylic acids is 1. The van der Waals surface area contributed by atoms with E-state index in [0.717, 1.165) is 15.8 Å². The summed E-state index contributed by atoms with van der Waals surface area (Å²) in [5, 5.41) is 7.44. The van der Waals surface area contributed by atoms with Gasteiger partial charge in [-0.15, -0.1) is 0 Å². The van der Waals surface area contributed by atoms with E-state index in [1.165, 1.54) is 6.20 Å². The number of halogens is 1. The summed E-state index contributed by atoms with van der Waals surface area (Å²) in [4.78, 5) is 29.0. The highest BCUT2D eigenvalue weighted by atomic mass is 35.5. The Bertz CT molecular complexity index is 1060. The van der Waals surface area contributed by atoms with Crippen molar-refractivity contribution in [3.8, 4) is 17.0 Å². The maximum absolute atomic E-state index is 12.6. The number of methoxy groups -OCH3 is 1. The molecule has 0 aliphatic heterocycles. The molecule has 0 bridgehead atoms. The molecule has 1 atom stereocenters. The highest BCUT2D eigenvalue weighted by Gasteiger charge is 2.19. The van der Waals surface area contributed by atoms with Crippen LogP contribution in [0.3, 0.4) is 0 Å². The first kappa shape index (κ1) is 19.6. The van der Waals surface area contributed by atoms with Crippen LogP contribution in [0.4, 0.5) is 5.69 Å². The zero-order valence-electron chi connectivity index (χ0n) is 15.6. The molecule has 3 aromatic rings. The number of anilines is 1. The van der Waals surface area contributed by atoms with Crippen molar-refractivity contribution in [3.63, 3.8) is 0 Å². The zero-order chi connectivity index (χ0) is 20.3. The molecule has 0 radical (unpaired) electrons. The summed E-state index contributed by atoms with van der Waals surface area (Å²) in [6, 6.07) is 11.5. The number of hydrogen-bond donors (Lipinski definition) is 1. The van der Waals surface area contributed by atoms with Crippen LogP contribution in [0, 0.1) is 6.92 Å². The second-order valence-electron chi connectivity index (χ2n) is 6.17. The third-order valence-electron chi connectivity index (χ3n) is 4.37. The molecule has 7 nitrogen and oxygen atoms in total. The predicted octanol–water partition coefficient (Wildman–Crippen LogP) is 3.48. The van der Waals surface area contributed by atoms with Crippen LogP contribution in [0.25, 0.3) is 11.3 Å². The molecule has 0 saturated carbocycles. The topological polar surface area (TPSA) is 86.1 Å². The van der Waals surface area contributed by atoms with Gasteiger partial charge in [0.2, 0.25) is 5.91 Å². The Hall–Kier alpha value is -3.19. The number of carbonyl (C=O) groups is 1. The van der Waals surface area contributed by atoms with E-state index in [2.05, 4.69) is 15.4 Å². The van der Waals surface area contributed by atoms with E-state index in [-0.39, 0.29) is 5.91 Å². The number of nitrogens with zero attached hydrogens (tertiary/aromatic N) is 3. The fourth-order valence-corrected chi connectivity index (χ4v) is 2.78. The Morgan fingerprint density at radius 2 is 1.93 bits per heavy atom. The van der Waals surface area contributed by atoms with E-state index in [4.69, 9.17) is 16.3 Å². The number of aromatic nitrogens is 3. The number of amides is 1. The van der Waals surface area contributed by atoms with Crippen LogP contribution >= 0.6 is 11.6 Å². The lowest BCUT2D eigenvalue weighted by Crippen LogP contribution is -2.35. The Morgan fingerprint density at radius 3 is 2.57 bits per heavy atom. The third kappa shape index (κ3) is 4.04. The third-order valence-corrected chi connectivity index (χ3v) is 4.78. The molecule has 0 fully saturated rings. The number of hydrogen-bond acceptors (Lipinski definition) is 5. The molecule has 0 aliphatic carbocycles. The van der Waals surface area contributed by atoms with Crippen LogP contribution in [-0.4, -0.2) is 27.8 Å². The largest absolute Gasteiger partial charge is 0.497 e. The van der Waals surface area contributed by atoms with Crippen LogP contribution < -0.4 is 15.7 Å². The normalized spacial score (nSPS) is 11.7. The van der Waals surface area contributed by atoms with Crippen LogP contribution in [0.5, 0.6) is 5.75 Å². The number of benzene rings is 2. The monoisotopic (exact) mass is 398 g/mol. The molecule has 1 amide bonds. The molecule has 0 saturated heterocycles. The Balaban J connectivity index is 1.81. The lowest BCUT2D eigenvalue weighted by atomic mass is 10.1. The van der Waals surface area contributed by atoms with Crippen LogP contribution in [-0.2, 0) is 4.79 Å². The number of rotatable bonds is 5. The van der Waals surface area contributed by atoms with Gasteiger partial charge in [-0.25, -0.2) is 9.48 Å². The highest BCUT2D eigenvalue weighted by Crippen LogP contribution is 2.24. The summed E-state index contributed by atoms with van der Waals surface area (Å²) in [7, 11) is 1.58. The smallest absolute Gasteiger partial charge is 0.365 e. The van der Waals surface area contributed by atoms with Crippen molar-refractivity contribution in [3.05, 3.63) is 69.7 Å². The summed E-state index contributed by atoms with van der Waals surface area (Å²) in [5.74, 6) is 0.311. The molecule has 1 N–H and O–H groups in total. The molecule has 0 aliphatic rings. The summed E-state index contributed by atoms with van der Waals surface area (Å²) < 4.78 is 6.16. The van der Waals surface area contributed by atoms with Gasteiger partial charge in [0.15, 0.2) is 0 Å². The average Bonchev–Trinajstić information content (AvgIpc) is 2.71. The first-order valence-electron chi connectivity index (χ1n) is 8.57. The summed E-state index contributed by atoms with van der Waals surface area (Å²) in [6.45, 7) is 3.39. The SMILES string of the molecule is COc1ccc(-c2cnn([C@H](C)C(=O)Nc3cccc(Cl)c3C)c(=O)n2)cc1. The molecule has 2 aromatic carbocycles. The standard InChI is InChI=1S/C20H19ClN4O3/c1-12-16(21)5-4-6-17(12)23-19(26)13(2)25-20(27)24-18(11-22-25)14-7-9-15(28-3)10-8-14/h4-11,13H,1-3H3,(H,23,26)/t13-/m1/s1. The molecule has 1 aromatic heterocycles. The molecule has 3 rings (SSSR count). The van der Waals surface area contributed by atoms with Gasteiger partial charge in [0.05, 0.1) is 19.0 Å². The fraction of sp³-hybridized carbons (Fsp3) is 0.200. The zero-order valence-corrected chi connectivity index (χ0v) is 16.4. The summed E-state index contributed by atoms with van der Waals surface area (Å²) in [5.41, 5.74) is 1.86. The average molecular weight is 399 g/mol. The Labute approximate surface area is 166 Å². The maximum Gasteiger partial charge on any atom is 0.365 e. The number of ether oxygens (including phenoxy) is 1. The lowest BCUT2D eigenvalue weighted by molar-refractivity contribution is -0.119. The Kier molecular flexibility index (Phi) is 5.75. The van der Waals surface area contributed by atoms with Crippen molar-refractivity contribution in [2.45, 2.75) is 19.9 Å². The number of nitrogens with one attached hydrogen (secondary N) is 1. The first-order valence-corrected chi connectivity index (χ1v) is 8.94. The van der Waals surface area contributed by atoms with Crippen LogP contribution in [0.2, 0.25) is 5.02 Å². The van der Waals surface area contributed by atoms with E-state index in [1.54, 1.807) is 63.4 Å². The van der Waals surface area contributed by atoms with Crippen molar-refractivity contribution in [2.75, 3.05) is 12.4 Å². The minimum atomic E-state index is -0.844. The van der Waals surface area contributed by atoms with E-state index < -0.39 is 11.7 Å². The first-order chi connectivity index (χ1) is 13.4. The van der Waals surface area contributed by atoms with Gasteiger partial charge in [0.25, 0.3) is 0 Å². The van der Waals surface area contributed by atoms with Gasteiger partial charge in [-0.3, -0.25) is 4.79 Å². The summed E-state index contributed by atoms with van der Waals surface area (Å²) >= 11 is 6.08. The van der Waals surface area contributed by atoms with E-state index >= 15 is 0 Å². The van der Waals surface area contributed by atoms with E-state index in [0.29, 0.717) is 22.2 Å². The van der Waals surface area contributed by atoms with Gasteiger partial charge in [-0.1, -0.05) is 17.7 Å². The molecular formula is C20H19ClN4O3. The van der Waals surface area contributed by atoms with Gasteiger partial charge in [0, 0.05) is 16.3 Å². The van der Waals surface area contributed by atoms with Crippen molar-refractivity contribution in [1.29, 1.82) is 0 Å².